The predicted octanol–water partition coefficient (Wildman–Crippen LogP) is 4.62. The first kappa shape index (κ1) is 17.1. The third kappa shape index (κ3) is 2.23. The molecule has 0 aromatic carbocycles. The zero-order chi connectivity index (χ0) is 18.0. The van der Waals surface area contributed by atoms with E-state index >= 15 is 0 Å². The van der Waals surface area contributed by atoms with Crippen molar-refractivity contribution < 1.29 is 14.3 Å². The minimum absolute atomic E-state index is 0.0274. The summed E-state index contributed by atoms with van der Waals surface area (Å²) < 4.78 is 5.48. The Balaban J connectivity index is 1.72. The van der Waals surface area contributed by atoms with Crippen LogP contribution in [0.2, 0.25) is 0 Å². The Morgan fingerprint density at radius 2 is 1.84 bits per heavy atom. The second kappa shape index (κ2) is 5.56. The SMILES string of the molecule is CO/C(C)=C1/C(=O)CC2C3CCC4=CC(=O)CC[C@]4(C)C3CC[C@]12C. The normalized spacial score (nSPS) is 45.3. The Kier molecular flexibility index (Phi) is 3.79. The lowest BCUT2D eigenvalue weighted by Gasteiger charge is -2.57. The summed E-state index contributed by atoms with van der Waals surface area (Å²) in [5, 5.41) is 0. The molecule has 4 aliphatic rings. The van der Waals surface area contributed by atoms with Crippen molar-refractivity contribution >= 4 is 11.6 Å². The Morgan fingerprint density at radius 1 is 1.08 bits per heavy atom. The van der Waals surface area contributed by atoms with E-state index in [1.807, 2.05) is 13.0 Å². The summed E-state index contributed by atoms with van der Waals surface area (Å²) in [6, 6.07) is 0. The largest absolute Gasteiger partial charge is 0.501 e. The highest BCUT2D eigenvalue weighted by molar-refractivity contribution is 6.00. The van der Waals surface area contributed by atoms with E-state index < -0.39 is 0 Å². The van der Waals surface area contributed by atoms with Crippen LogP contribution >= 0.6 is 0 Å². The first-order valence-electron chi connectivity index (χ1n) is 9.83. The number of hydrogen-bond donors (Lipinski definition) is 0. The first-order chi connectivity index (χ1) is 11.8. The van der Waals surface area contributed by atoms with Gasteiger partial charge in [-0.2, -0.15) is 0 Å². The van der Waals surface area contributed by atoms with Gasteiger partial charge < -0.3 is 4.74 Å². The molecule has 3 unspecified atom stereocenters. The molecule has 136 valence electrons. The van der Waals surface area contributed by atoms with Crippen molar-refractivity contribution in [1.29, 1.82) is 0 Å². The van der Waals surface area contributed by atoms with Crippen LogP contribution in [0.3, 0.4) is 0 Å². The van der Waals surface area contributed by atoms with E-state index in [0.29, 0.717) is 42.2 Å². The molecule has 3 nitrogen and oxygen atoms in total. The van der Waals surface area contributed by atoms with E-state index in [1.54, 1.807) is 7.11 Å². The predicted molar refractivity (Wildman–Crippen MR) is 96.8 cm³/mol. The number of fused-ring (bicyclic) bond motifs is 5. The lowest BCUT2D eigenvalue weighted by Crippen LogP contribution is -2.49. The highest BCUT2D eigenvalue weighted by Crippen LogP contribution is 2.66. The number of allylic oxidation sites excluding steroid dienone is 3. The summed E-state index contributed by atoms with van der Waals surface area (Å²) in [6.07, 6.45) is 8.72. The lowest BCUT2D eigenvalue weighted by atomic mass is 9.47. The quantitative estimate of drug-likeness (QED) is 0.516. The van der Waals surface area contributed by atoms with Gasteiger partial charge in [0.1, 0.15) is 0 Å². The molecule has 5 atom stereocenters. The second-order valence-corrected chi connectivity index (χ2v) is 9.19. The number of ether oxygens (including phenoxy) is 1. The average Bonchev–Trinajstić information content (AvgIpc) is 2.85. The van der Waals surface area contributed by atoms with E-state index in [1.165, 1.54) is 5.57 Å². The smallest absolute Gasteiger partial charge is 0.163 e. The molecule has 0 saturated heterocycles. The highest BCUT2D eigenvalue weighted by Gasteiger charge is 2.60. The van der Waals surface area contributed by atoms with Gasteiger partial charge in [0.25, 0.3) is 0 Å². The number of carbonyl (C=O) groups excluding carboxylic acids is 2. The van der Waals surface area contributed by atoms with Crippen molar-refractivity contribution in [2.24, 2.45) is 28.6 Å². The number of ketones is 2. The lowest BCUT2D eigenvalue weighted by molar-refractivity contribution is -0.117. The van der Waals surface area contributed by atoms with E-state index in [4.69, 9.17) is 4.74 Å². The molecule has 0 heterocycles. The molecule has 4 rings (SSSR count). The second-order valence-electron chi connectivity index (χ2n) is 9.19. The van der Waals surface area contributed by atoms with Crippen LogP contribution in [-0.4, -0.2) is 18.7 Å². The summed E-state index contributed by atoms with van der Waals surface area (Å²) in [5.74, 6) is 3.09. The maximum Gasteiger partial charge on any atom is 0.163 e. The van der Waals surface area contributed by atoms with Crippen molar-refractivity contribution in [3.63, 3.8) is 0 Å². The van der Waals surface area contributed by atoms with Crippen molar-refractivity contribution in [2.45, 2.75) is 65.7 Å². The van der Waals surface area contributed by atoms with E-state index in [2.05, 4.69) is 13.8 Å². The van der Waals surface area contributed by atoms with E-state index in [9.17, 15) is 9.59 Å². The van der Waals surface area contributed by atoms with Gasteiger partial charge in [-0.3, -0.25) is 9.59 Å². The van der Waals surface area contributed by atoms with Crippen LogP contribution in [-0.2, 0) is 14.3 Å². The fourth-order valence-corrected chi connectivity index (χ4v) is 6.89. The van der Waals surface area contributed by atoms with Gasteiger partial charge in [-0.05, 0) is 68.3 Å². The standard InChI is InChI=1S/C22H30O3/c1-13(25-4)20-19(24)12-18-16-6-5-14-11-15(23)7-9-21(14,2)17(16)8-10-22(18,20)3/h11,16-18H,5-10,12H2,1-4H3/b20-13-/t16?,17?,18?,21-,22-/m0/s1. The van der Waals surface area contributed by atoms with Gasteiger partial charge in [-0.15, -0.1) is 0 Å². The molecule has 25 heavy (non-hydrogen) atoms. The molecule has 3 heteroatoms. The maximum absolute atomic E-state index is 12.8. The van der Waals surface area contributed by atoms with Crippen LogP contribution in [0.1, 0.15) is 65.7 Å². The molecule has 0 spiro atoms. The van der Waals surface area contributed by atoms with Gasteiger partial charge in [0, 0.05) is 23.8 Å². The molecule has 0 aliphatic heterocycles. The molecule has 3 saturated carbocycles. The topological polar surface area (TPSA) is 43.4 Å². The third-order valence-electron chi connectivity index (χ3n) is 8.27. The number of methoxy groups -OCH3 is 1. The van der Waals surface area contributed by atoms with Gasteiger partial charge in [-0.1, -0.05) is 19.4 Å². The summed E-state index contributed by atoms with van der Waals surface area (Å²) >= 11 is 0. The summed E-state index contributed by atoms with van der Waals surface area (Å²) in [6.45, 7) is 6.64. The van der Waals surface area contributed by atoms with Crippen LogP contribution in [0.25, 0.3) is 0 Å². The van der Waals surface area contributed by atoms with Crippen molar-refractivity contribution in [1.82, 2.24) is 0 Å². The van der Waals surface area contributed by atoms with E-state index in [0.717, 1.165) is 43.4 Å². The van der Waals surface area contributed by atoms with Crippen LogP contribution in [0.5, 0.6) is 0 Å². The molecule has 3 fully saturated rings. The van der Waals surface area contributed by atoms with E-state index in [-0.39, 0.29) is 10.8 Å². The third-order valence-corrected chi connectivity index (χ3v) is 8.27. The fraction of sp³-hybridized carbons (Fsp3) is 0.727. The maximum atomic E-state index is 12.8. The number of rotatable bonds is 1. The van der Waals surface area contributed by atoms with Gasteiger partial charge in [0.05, 0.1) is 12.9 Å². The molecule has 4 aliphatic carbocycles. The van der Waals surface area contributed by atoms with Gasteiger partial charge >= 0.3 is 0 Å². The molecule has 0 bridgehead atoms. The van der Waals surface area contributed by atoms with Crippen LogP contribution < -0.4 is 0 Å². The molecule has 0 radical (unpaired) electrons. The van der Waals surface area contributed by atoms with Crippen molar-refractivity contribution in [2.75, 3.05) is 7.11 Å². The monoisotopic (exact) mass is 342 g/mol. The average molecular weight is 342 g/mol. The molecule has 0 aromatic rings. The molecular weight excluding hydrogens is 312 g/mol. The minimum atomic E-state index is -0.0274. The zero-order valence-electron chi connectivity index (χ0n) is 16.0. The summed E-state index contributed by atoms with van der Waals surface area (Å²) in [4.78, 5) is 24.7. The first-order valence-corrected chi connectivity index (χ1v) is 9.83. The molecular formula is C22H30O3. The Labute approximate surface area is 150 Å². The molecule has 0 aromatic heterocycles. The Hall–Kier alpha value is -1.38. The summed E-state index contributed by atoms with van der Waals surface area (Å²) in [5.41, 5.74) is 2.50. The van der Waals surface area contributed by atoms with Crippen LogP contribution in [0.15, 0.2) is 23.0 Å². The van der Waals surface area contributed by atoms with Gasteiger partial charge in [0.15, 0.2) is 11.6 Å². The number of Topliss-reactive ketones (excluding diaryl/α,β-unsaturated/α-hetero) is 1. The highest BCUT2D eigenvalue weighted by atomic mass is 16.5. The van der Waals surface area contributed by atoms with Crippen LogP contribution in [0, 0.1) is 28.6 Å². The van der Waals surface area contributed by atoms with Crippen molar-refractivity contribution in [3.05, 3.63) is 23.0 Å². The number of carbonyl (C=O) groups is 2. The fourth-order valence-electron chi connectivity index (χ4n) is 6.89. The minimum Gasteiger partial charge on any atom is -0.501 e. The van der Waals surface area contributed by atoms with Crippen molar-refractivity contribution in [3.8, 4) is 0 Å². The zero-order valence-corrected chi connectivity index (χ0v) is 16.0. The molecule has 0 amide bonds. The van der Waals surface area contributed by atoms with Gasteiger partial charge in [-0.25, -0.2) is 0 Å². The number of hydrogen-bond acceptors (Lipinski definition) is 3. The van der Waals surface area contributed by atoms with Gasteiger partial charge in [0.2, 0.25) is 0 Å². The van der Waals surface area contributed by atoms with Crippen LogP contribution in [0.4, 0.5) is 0 Å². The molecule has 0 N–H and O–H groups in total. The summed E-state index contributed by atoms with van der Waals surface area (Å²) in [7, 11) is 1.68. The Morgan fingerprint density at radius 3 is 2.56 bits per heavy atom. The Bertz CT molecular complexity index is 700.